The van der Waals surface area contributed by atoms with Crippen LogP contribution in [-0.2, 0) is 6.42 Å². The third-order valence-corrected chi connectivity index (χ3v) is 2.84. The van der Waals surface area contributed by atoms with Crippen LogP contribution in [0, 0.1) is 0 Å². The van der Waals surface area contributed by atoms with Crippen molar-refractivity contribution in [3.8, 4) is 0 Å². The van der Waals surface area contributed by atoms with Gasteiger partial charge in [-0.25, -0.2) is 0 Å². The standard InChI is InChI=1S/C13H13ClO/c1-2-11-8-9-12(15-11)13(14)10-6-4-3-5-7-10/h3-9,13H,2H2,1H3. The maximum atomic E-state index is 6.31. The Hall–Kier alpha value is -1.21. The fourth-order valence-electron chi connectivity index (χ4n) is 1.51. The summed E-state index contributed by atoms with van der Waals surface area (Å²) in [5.74, 6) is 1.80. The molecule has 0 spiro atoms. The van der Waals surface area contributed by atoms with Gasteiger partial charge in [-0.2, -0.15) is 0 Å². The second kappa shape index (κ2) is 4.54. The molecule has 1 nitrogen and oxygen atoms in total. The molecule has 0 aliphatic heterocycles. The van der Waals surface area contributed by atoms with Crippen LogP contribution >= 0.6 is 11.6 Å². The molecule has 78 valence electrons. The van der Waals surface area contributed by atoms with Crippen molar-refractivity contribution in [2.24, 2.45) is 0 Å². The second-order valence-corrected chi connectivity index (χ2v) is 3.87. The van der Waals surface area contributed by atoms with Crippen molar-refractivity contribution in [3.63, 3.8) is 0 Å². The van der Waals surface area contributed by atoms with E-state index in [1.165, 1.54) is 0 Å². The highest BCUT2D eigenvalue weighted by atomic mass is 35.5. The number of alkyl halides is 1. The van der Waals surface area contributed by atoms with Crippen molar-refractivity contribution in [3.05, 3.63) is 59.5 Å². The van der Waals surface area contributed by atoms with Gasteiger partial charge in [0.05, 0.1) is 0 Å². The molecule has 1 heterocycles. The normalized spacial score (nSPS) is 12.7. The molecule has 1 unspecified atom stereocenters. The van der Waals surface area contributed by atoms with E-state index in [4.69, 9.17) is 16.0 Å². The Morgan fingerprint density at radius 2 is 1.87 bits per heavy atom. The Labute approximate surface area is 94.7 Å². The fraction of sp³-hybridized carbons (Fsp3) is 0.231. The molecule has 0 bridgehead atoms. The Morgan fingerprint density at radius 1 is 1.13 bits per heavy atom. The van der Waals surface area contributed by atoms with Crippen molar-refractivity contribution >= 4 is 11.6 Å². The van der Waals surface area contributed by atoms with Crippen molar-refractivity contribution in [2.45, 2.75) is 18.7 Å². The molecule has 2 rings (SSSR count). The number of aryl methyl sites for hydroxylation is 1. The highest BCUT2D eigenvalue weighted by Crippen LogP contribution is 2.29. The van der Waals surface area contributed by atoms with Crippen LogP contribution in [0.1, 0.15) is 29.4 Å². The molecule has 2 heteroatoms. The van der Waals surface area contributed by atoms with Crippen LogP contribution in [0.3, 0.4) is 0 Å². The largest absolute Gasteiger partial charge is 0.464 e. The molecule has 15 heavy (non-hydrogen) atoms. The molecule has 2 aromatic rings. The lowest BCUT2D eigenvalue weighted by Crippen LogP contribution is -1.89. The Morgan fingerprint density at radius 3 is 2.47 bits per heavy atom. The van der Waals surface area contributed by atoms with Crippen LogP contribution in [0.2, 0.25) is 0 Å². The molecule has 0 radical (unpaired) electrons. The molecule has 0 aliphatic carbocycles. The summed E-state index contributed by atoms with van der Waals surface area (Å²) in [5, 5.41) is -0.188. The van der Waals surface area contributed by atoms with Gasteiger partial charge in [0.25, 0.3) is 0 Å². The van der Waals surface area contributed by atoms with Crippen molar-refractivity contribution in [1.29, 1.82) is 0 Å². The molecular weight excluding hydrogens is 208 g/mol. The molecule has 0 saturated carbocycles. The van der Waals surface area contributed by atoms with Gasteiger partial charge in [-0.05, 0) is 17.7 Å². The average molecular weight is 221 g/mol. The Balaban J connectivity index is 2.24. The zero-order valence-electron chi connectivity index (χ0n) is 8.61. The molecule has 0 saturated heterocycles. The summed E-state index contributed by atoms with van der Waals surface area (Å²) < 4.78 is 5.62. The van der Waals surface area contributed by atoms with Crippen LogP contribution in [0.15, 0.2) is 46.9 Å². The maximum Gasteiger partial charge on any atom is 0.126 e. The molecule has 1 aromatic carbocycles. The first kappa shape index (κ1) is 10.3. The predicted octanol–water partition coefficient (Wildman–Crippen LogP) is 4.17. The first-order valence-electron chi connectivity index (χ1n) is 5.09. The van der Waals surface area contributed by atoms with Gasteiger partial charge in [-0.15, -0.1) is 11.6 Å². The first-order chi connectivity index (χ1) is 7.31. The predicted molar refractivity (Wildman–Crippen MR) is 62.2 cm³/mol. The van der Waals surface area contributed by atoms with E-state index in [1.807, 2.05) is 42.5 Å². The molecule has 1 aromatic heterocycles. The Bertz CT molecular complexity index is 419. The quantitative estimate of drug-likeness (QED) is 0.708. The van der Waals surface area contributed by atoms with Gasteiger partial charge < -0.3 is 4.42 Å². The van der Waals surface area contributed by atoms with E-state index >= 15 is 0 Å². The monoisotopic (exact) mass is 220 g/mol. The number of halogens is 1. The molecular formula is C13H13ClO. The van der Waals surface area contributed by atoms with E-state index in [0.29, 0.717) is 0 Å². The third kappa shape index (κ3) is 2.24. The third-order valence-electron chi connectivity index (χ3n) is 2.37. The highest BCUT2D eigenvalue weighted by Gasteiger charge is 2.13. The smallest absolute Gasteiger partial charge is 0.126 e. The van der Waals surface area contributed by atoms with E-state index < -0.39 is 0 Å². The molecule has 1 atom stereocenters. The summed E-state index contributed by atoms with van der Waals surface area (Å²) in [4.78, 5) is 0. The van der Waals surface area contributed by atoms with E-state index in [2.05, 4.69) is 6.92 Å². The first-order valence-corrected chi connectivity index (χ1v) is 5.52. The minimum atomic E-state index is -0.188. The van der Waals surface area contributed by atoms with E-state index in [1.54, 1.807) is 0 Å². The van der Waals surface area contributed by atoms with Crippen LogP contribution in [0.25, 0.3) is 0 Å². The van der Waals surface area contributed by atoms with Gasteiger partial charge in [0, 0.05) is 6.42 Å². The van der Waals surface area contributed by atoms with Crippen molar-refractivity contribution < 1.29 is 4.42 Å². The van der Waals surface area contributed by atoms with E-state index in [-0.39, 0.29) is 5.38 Å². The summed E-state index contributed by atoms with van der Waals surface area (Å²) in [6.45, 7) is 2.06. The number of furan rings is 1. The van der Waals surface area contributed by atoms with Crippen molar-refractivity contribution in [1.82, 2.24) is 0 Å². The Kier molecular flexibility index (Phi) is 3.12. The van der Waals surface area contributed by atoms with Crippen LogP contribution in [0.4, 0.5) is 0 Å². The SMILES string of the molecule is CCc1ccc(C(Cl)c2ccccc2)o1. The van der Waals surface area contributed by atoms with Gasteiger partial charge >= 0.3 is 0 Å². The summed E-state index contributed by atoms with van der Waals surface area (Å²) in [6.07, 6.45) is 0.901. The number of benzene rings is 1. The van der Waals surface area contributed by atoms with Gasteiger partial charge in [-0.3, -0.25) is 0 Å². The summed E-state index contributed by atoms with van der Waals surface area (Å²) in [5.41, 5.74) is 1.07. The number of hydrogen-bond acceptors (Lipinski definition) is 1. The van der Waals surface area contributed by atoms with Gasteiger partial charge in [-0.1, -0.05) is 37.3 Å². The van der Waals surface area contributed by atoms with Gasteiger partial charge in [0.15, 0.2) is 0 Å². The van der Waals surface area contributed by atoms with Gasteiger partial charge in [0.2, 0.25) is 0 Å². The number of rotatable bonds is 3. The fourth-order valence-corrected chi connectivity index (χ4v) is 1.77. The molecule has 0 N–H and O–H groups in total. The maximum absolute atomic E-state index is 6.31. The lowest BCUT2D eigenvalue weighted by atomic mass is 10.1. The topological polar surface area (TPSA) is 13.1 Å². The highest BCUT2D eigenvalue weighted by molar-refractivity contribution is 6.22. The summed E-state index contributed by atoms with van der Waals surface area (Å²) >= 11 is 6.31. The van der Waals surface area contributed by atoms with Crippen molar-refractivity contribution in [2.75, 3.05) is 0 Å². The van der Waals surface area contributed by atoms with Gasteiger partial charge in [0.1, 0.15) is 16.9 Å². The molecule has 0 aliphatic rings. The minimum absolute atomic E-state index is 0.188. The number of hydrogen-bond donors (Lipinski definition) is 0. The summed E-state index contributed by atoms with van der Waals surface area (Å²) in [6, 6.07) is 13.9. The minimum Gasteiger partial charge on any atom is -0.464 e. The second-order valence-electron chi connectivity index (χ2n) is 3.43. The van der Waals surface area contributed by atoms with E-state index in [0.717, 1.165) is 23.5 Å². The van der Waals surface area contributed by atoms with E-state index in [9.17, 15) is 0 Å². The average Bonchev–Trinajstić information content (AvgIpc) is 2.78. The summed E-state index contributed by atoms with van der Waals surface area (Å²) in [7, 11) is 0. The van der Waals surface area contributed by atoms with Crippen LogP contribution in [-0.4, -0.2) is 0 Å². The van der Waals surface area contributed by atoms with Crippen LogP contribution in [0.5, 0.6) is 0 Å². The van der Waals surface area contributed by atoms with Crippen LogP contribution < -0.4 is 0 Å². The lowest BCUT2D eigenvalue weighted by molar-refractivity contribution is 0.474. The lowest BCUT2D eigenvalue weighted by Gasteiger charge is -2.05. The molecule has 0 amide bonds. The zero-order valence-corrected chi connectivity index (χ0v) is 9.37. The molecule has 0 fully saturated rings. The zero-order chi connectivity index (χ0) is 10.7.